The minimum absolute atomic E-state index is 0.166. The molecule has 0 spiro atoms. The second-order valence-corrected chi connectivity index (χ2v) is 11.3. The highest BCUT2D eigenvalue weighted by atomic mass is 16.7. The summed E-state index contributed by atoms with van der Waals surface area (Å²) < 4.78 is 28.9. The molecular weight excluding hydrogens is 590 g/mol. The van der Waals surface area contributed by atoms with Crippen molar-refractivity contribution in [3.8, 4) is 0 Å². The van der Waals surface area contributed by atoms with Crippen LogP contribution in [-0.4, -0.2) is 56.6 Å². The van der Waals surface area contributed by atoms with Crippen molar-refractivity contribution in [2.45, 2.75) is 70.4 Å². The molecule has 0 bridgehead atoms. The van der Waals surface area contributed by atoms with Crippen LogP contribution in [0.3, 0.4) is 0 Å². The van der Waals surface area contributed by atoms with Crippen LogP contribution in [0.5, 0.6) is 0 Å². The van der Waals surface area contributed by atoms with Crippen LogP contribution in [0.2, 0.25) is 0 Å². The maximum absolute atomic E-state index is 13.2. The summed E-state index contributed by atoms with van der Waals surface area (Å²) in [6, 6.07) is 27.3. The van der Waals surface area contributed by atoms with Crippen LogP contribution in [0, 0.1) is 5.92 Å². The fourth-order valence-corrected chi connectivity index (χ4v) is 5.24. The molecule has 0 saturated carbocycles. The Morgan fingerprint density at radius 3 is 1.46 bits per heavy atom. The molecule has 1 saturated heterocycles. The largest absolute Gasteiger partial charge is 0.447 e. The van der Waals surface area contributed by atoms with Crippen molar-refractivity contribution < 1.29 is 38.1 Å². The molecule has 11 heteroatoms. The van der Waals surface area contributed by atoms with E-state index < -0.39 is 48.8 Å². The zero-order chi connectivity index (χ0) is 33.1. The minimum atomic E-state index is -1.14. The van der Waals surface area contributed by atoms with Gasteiger partial charge in [-0.3, -0.25) is 0 Å². The number of carbonyl (C=O) groups is 3. The highest BCUT2D eigenvalue weighted by molar-refractivity contribution is 5.69. The number of amides is 3. The van der Waals surface area contributed by atoms with E-state index in [9.17, 15) is 14.4 Å². The van der Waals surface area contributed by atoms with Gasteiger partial charge >= 0.3 is 18.3 Å². The van der Waals surface area contributed by atoms with E-state index in [4.69, 9.17) is 23.7 Å². The van der Waals surface area contributed by atoms with Gasteiger partial charge < -0.3 is 39.6 Å². The molecule has 11 nitrogen and oxygen atoms in total. The van der Waals surface area contributed by atoms with Crippen molar-refractivity contribution in [1.82, 2.24) is 16.0 Å². The predicted molar refractivity (Wildman–Crippen MR) is 171 cm³/mol. The second kappa shape index (κ2) is 16.6. The van der Waals surface area contributed by atoms with Crippen LogP contribution in [0.4, 0.5) is 14.4 Å². The van der Waals surface area contributed by atoms with Gasteiger partial charge in [0.25, 0.3) is 0 Å². The van der Waals surface area contributed by atoms with Crippen molar-refractivity contribution in [3.63, 3.8) is 0 Å². The molecule has 1 heterocycles. The van der Waals surface area contributed by atoms with Gasteiger partial charge in [0.1, 0.15) is 12.7 Å². The first kappa shape index (κ1) is 34.3. The van der Waals surface area contributed by atoms with Crippen LogP contribution in [0.15, 0.2) is 91.0 Å². The molecule has 2 unspecified atom stereocenters. The van der Waals surface area contributed by atoms with Crippen molar-refractivity contribution in [3.05, 3.63) is 108 Å². The monoisotopic (exact) mass is 633 g/mol. The van der Waals surface area contributed by atoms with Gasteiger partial charge in [-0.1, -0.05) is 97.9 Å². The summed E-state index contributed by atoms with van der Waals surface area (Å²) in [6.07, 6.45) is -6.12. The Morgan fingerprint density at radius 2 is 1.04 bits per heavy atom. The Labute approximate surface area is 269 Å². The van der Waals surface area contributed by atoms with E-state index in [0.717, 1.165) is 16.7 Å². The van der Waals surface area contributed by atoms with Gasteiger partial charge in [-0.05, 0) is 37.5 Å². The second-order valence-electron chi connectivity index (χ2n) is 11.3. The van der Waals surface area contributed by atoms with E-state index >= 15 is 0 Å². The third kappa shape index (κ3) is 9.45. The Balaban J connectivity index is 1.46. The summed E-state index contributed by atoms with van der Waals surface area (Å²) in [6.45, 7) is 7.11. The standard InChI is InChI=1S/C35H43N3O8/c1-22-29(21-43-33(39)36-23(2)26-15-9-6-10-16-26)44-32(42-5)31(46-35(41)38-25(4)28-19-13-8-14-20-28)30(22)45-34(40)37-24(3)27-17-11-7-12-18-27/h6-20,22-25,29-32H,21H2,1-5H3,(H,36,39)(H,37,40)(H,38,41)/t22-,23+,24+,25+,29?,30?,31+,32-/m1/s1. The van der Waals surface area contributed by atoms with Crippen molar-refractivity contribution in [1.29, 1.82) is 0 Å². The number of carbonyl (C=O) groups excluding carboxylic acids is 3. The molecule has 3 aromatic carbocycles. The third-order valence-electron chi connectivity index (χ3n) is 8.00. The fourth-order valence-electron chi connectivity index (χ4n) is 5.24. The van der Waals surface area contributed by atoms with Crippen LogP contribution >= 0.6 is 0 Å². The Hall–Kier alpha value is -4.61. The zero-order valence-electron chi connectivity index (χ0n) is 26.8. The van der Waals surface area contributed by atoms with Crippen LogP contribution in [0.25, 0.3) is 0 Å². The fraction of sp³-hybridized carbons (Fsp3) is 0.400. The van der Waals surface area contributed by atoms with Crippen molar-refractivity contribution >= 4 is 18.3 Å². The van der Waals surface area contributed by atoms with Gasteiger partial charge in [0.15, 0.2) is 18.5 Å². The molecule has 4 rings (SSSR count). The molecule has 246 valence electrons. The van der Waals surface area contributed by atoms with Crippen LogP contribution in [0.1, 0.15) is 62.5 Å². The lowest BCUT2D eigenvalue weighted by Gasteiger charge is -2.43. The highest BCUT2D eigenvalue weighted by Gasteiger charge is 2.49. The van der Waals surface area contributed by atoms with E-state index in [-0.39, 0.29) is 24.7 Å². The summed E-state index contributed by atoms with van der Waals surface area (Å²) in [7, 11) is 1.39. The highest BCUT2D eigenvalue weighted by Crippen LogP contribution is 2.32. The Bertz CT molecular complexity index is 1390. The smallest absolute Gasteiger partial charge is 0.408 e. The van der Waals surface area contributed by atoms with Gasteiger partial charge in [-0.2, -0.15) is 0 Å². The third-order valence-corrected chi connectivity index (χ3v) is 8.00. The van der Waals surface area contributed by atoms with E-state index in [1.165, 1.54) is 7.11 Å². The number of hydrogen-bond acceptors (Lipinski definition) is 8. The Kier molecular flexibility index (Phi) is 12.4. The van der Waals surface area contributed by atoms with Gasteiger partial charge in [0.05, 0.1) is 18.1 Å². The average Bonchev–Trinajstić information content (AvgIpc) is 3.07. The number of rotatable bonds is 11. The molecule has 46 heavy (non-hydrogen) atoms. The maximum Gasteiger partial charge on any atom is 0.408 e. The van der Waals surface area contributed by atoms with E-state index in [1.807, 2.05) is 112 Å². The number of nitrogens with one attached hydrogen (secondary N) is 3. The summed E-state index contributed by atoms with van der Waals surface area (Å²) in [5, 5.41) is 8.44. The quantitative estimate of drug-likeness (QED) is 0.213. The molecule has 1 aliphatic rings. The minimum Gasteiger partial charge on any atom is -0.447 e. The summed E-state index contributed by atoms with van der Waals surface area (Å²) in [4.78, 5) is 39.0. The molecule has 1 fully saturated rings. The molecule has 1 aliphatic heterocycles. The van der Waals surface area contributed by atoms with E-state index in [1.54, 1.807) is 6.92 Å². The summed E-state index contributed by atoms with van der Waals surface area (Å²) >= 11 is 0. The lowest BCUT2D eigenvalue weighted by atomic mass is 9.90. The molecule has 8 atom stereocenters. The van der Waals surface area contributed by atoms with Crippen LogP contribution < -0.4 is 16.0 Å². The predicted octanol–water partition coefficient (Wildman–Crippen LogP) is 6.19. The number of ether oxygens (including phenoxy) is 5. The van der Waals surface area contributed by atoms with Crippen molar-refractivity contribution in [2.75, 3.05) is 13.7 Å². The Morgan fingerprint density at radius 1 is 0.652 bits per heavy atom. The summed E-state index contributed by atoms with van der Waals surface area (Å²) in [5.41, 5.74) is 2.69. The molecule has 3 aromatic rings. The summed E-state index contributed by atoms with van der Waals surface area (Å²) in [5.74, 6) is -0.576. The first-order valence-electron chi connectivity index (χ1n) is 15.4. The van der Waals surface area contributed by atoms with Gasteiger partial charge in [0.2, 0.25) is 0 Å². The topological polar surface area (TPSA) is 133 Å². The number of benzene rings is 3. The molecule has 3 amide bonds. The number of hydrogen-bond donors (Lipinski definition) is 3. The first-order valence-corrected chi connectivity index (χ1v) is 15.4. The maximum atomic E-state index is 13.2. The number of alkyl carbamates (subject to hydrolysis) is 3. The molecule has 0 aliphatic carbocycles. The van der Waals surface area contributed by atoms with Gasteiger partial charge in [0, 0.05) is 13.0 Å². The lowest BCUT2D eigenvalue weighted by molar-refractivity contribution is -0.278. The molecular formula is C35H43N3O8. The van der Waals surface area contributed by atoms with Crippen LogP contribution in [-0.2, 0) is 23.7 Å². The lowest BCUT2D eigenvalue weighted by Crippen LogP contribution is -2.59. The first-order chi connectivity index (χ1) is 22.2. The van der Waals surface area contributed by atoms with Gasteiger partial charge in [-0.25, -0.2) is 14.4 Å². The molecule has 0 radical (unpaired) electrons. The van der Waals surface area contributed by atoms with Gasteiger partial charge in [-0.15, -0.1) is 0 Å². The SMILES string of the molecule is CO[C@@H]1OC(COC(=O)N[C@@H](C)c2ccccc2)[C@@H](C)C(OC(=O)N[C@@H](C)c2ccccc2)[C@@H]1OC(=O)N[C@@H](C)c1ccccc1. The number of methoxy groups -OCH3 is 1. The zero-order valence-corrected chi connectivity index (χ0v) is 26.8. The van der Waals surface area contributed by atoms with E-state index in [2.05, 4.69) is 16.0 Å². The molecule has 3 N–H and O–H groups in total. The normalized spacial score (nSPS) is 22.8. The molecule has 0 aromatic heterocycles. The van der Waals surface area contributed by atoms with E-state index in [0.29, 0.717) is 0 Å². The average molecular weight is 634 g/mol. The van der Waals surface area contributed by atoms with Crippen molar-refractivity contribution in [2.24, 2.45) is 5.92 Å².